The van der Waals surface area contributed by atoms with Gasteiger partial charge in [-0.2, -0.15) is 0 Å². The fourth-order valence-electron chi connectivity index (χ4n) is 5.20. The highest BCUT2D eigenvalue weighted by molar-refractivity contribution is 5.11. The summed E-state index contributed by atoms with van der Waals surface area (Å²) in [7, 11) is 0. The normalized spacial score (nSPS) is 57.6. The van der Waals surface area contributed by atoms with Gasteiger partial charge in [-0.3, -0.25) is 0 Å². The summed E-state index contributed by atoms with van der Waals surface area (Å²) >= 11 is 0. The van der Waals surface area contributed by atoms with Crippen LogP contribution in [-0.2, 0) is 4.74 Å². The number of ether oxygens (including phenoxy) is 1. The van der Waals surface area contributed by atoms with Gasteiger partial charge in [0.2, 0.25) is 0 Å². The molecule has 15 heavy (non-hydrogen) atoms. The lowest BCUT2D eigenvalue weighted by atomic mass is 9.52. The lowest BCUT2D eigenvalue weighted by Gasteiger charge is -2.55. The molecule has 0 aromatic heterocycles. The van der Waals surface area contributed by atoms with Gasteiger partial charge >= 0.3 is 0 Å². The lowest BCUT2D eigenvalue weighted by Crippen LogP contribution is -2.51. The molecule has 5 rings (SSSR count). The minimum atomic E-state index is 0.364. The molecule has 4 bridgehead atoms. The molecule has 84 valence electrons. The number of rotatable bonds is 1. The summed E-state index contributed by atoms with van der Waals surface area (Å²) in [4.78, 5) is 0. The van der Waals surface area contributed by atoms with Crippen LogP contribution in [0.2, 0.25) is 0 Å². The van der Waals surface area contributed by atoms with Crippen LogP contribution in [0.25, 0.3) is 0 Å². The van der Waals surface area contributed by atoms with Crippen LogP contribution in [0.15, 0.2) is 0 Å². The second-order valence-electron chi connectivity index (χ2n) is 6.57. The Morgan fingerprint density at radius 1 is 0.733 bits per heavy atom. The van der Waals surface area contributed by atoms with Crippen LogP contribution in [-0.4, -0.2) is 11.7 Å². The van der Waals surface area contributed by atoms with Crippen molar-refractivity contribution in [2.24, 2.45) is 11.3 Å². The summed E-state index contributed by atoms with van der Waals surface area (Å²) < 4.78 is 6.42. The van der Waals surface area contributed by atoms with Crippen LogP contribution in [0.3, 0.4) is 0 Å². The average Bonchev–Trinajstić information content (AvgIpc) is 2.93. The molecule has 2 saturated heterocycles. The molecule has 3 aliphatic carbocycles. The van der Waals surface area contributed by atoms with Crippen LogP contribution >= 0.6 is 0 Å². The molecule has 2 aliphatic heterocycles. The van der Waals surface area contributed by atoms with Gasteiger partial charge in [0, 0.05) is 0 Å². The van der Waals surface area contributed by atoms with Gasteiger partial charge in [-0.1, -0.05) is 0 Å². The van der Waals surface area contributed by atoms with Crippen LogP contribution < -0.4 is 0 Å². The first-order valence-electron chi connectivity index (χ1n) is 7.00. The minimum Gasteiger partial charge on any atom is -0.371 e. The summed E-state index contributed by atoms with van der Waals surface area (Å²) in [5, 5.41) is 0. The van der Waals surface area contributed by atoms with E-state index in [-0.39, 0.29) is 0 Å². The Bertz CT molecular complexity index is 253. The van der Waals surface area contributed by atoms with E-state index < -0.39 is 0 Å². The fourth-order valence-corrected chi connectivity index (χ4v) is 5.20. The molecule has 0 atom stereocenters. The van der Waals surface area contributed by atoms with Crippen molar-refractivity contribution in [1.82, 2.24) is 0 Å². The summed E-state index contributed by atoms with van der Waals surface area (Å²) in [6.45, 7) is 0. The van der Waals surface area contributed by atoms with Gasteiger partial charge in [0.15, 0.2) is 0 Å². The van der Waals surface area contributed by atoms with E-state index in [0.29, 0.717) is 17.1 Å². The van der Waals surface area contributed by atoms with E-state index in [2.05, 4.69) is 0 Å². The van der Waals surface area contributed by atoms with E-state index in [0.717, 1.165) is 5.92 Å². The predicted octanol–water partition coefficient (Wildman–Crippen LogP) is 3.67. The van der Waals surface area contributed by atoms with E-state index in [1.807, 2.05) is 0 Å². The summed E-state index contributed by atoms with van der Waals surface area (Å²) in [5.74, 6) is 1.09. The van der Waals surface area contributed by atoms with Crippen molar-refractivity contribution in [1.29, 1.82) is 0 Å². The Balaban J connectivity index is 1.70. The number of fused-ring (bicyclic) bond motifs is 5. The van der Waals surface area contributed by atoms with Crippen LogP contribution in [0.5, 0.6) is 0 Å². The molecule has 1 nitrogen and oxygen atoms in total. The van der Waals surface area contributed by atoms with E-state index in [9.17, 15) is 0 Å². The Kier molecular flexibility index (Phi) is 1.68. The maximum Gasteiger partial charge on any atom is 0.0744 e. The topological polar surface area (TPSA) is 9.23 Å². The molecule has 5 fully saturated rings. The maximum atomic E-state index is 6.42. The van der Waals surface area contributed by atoms with Crippen molar-refractivity contribution >= 4 is 0 Å². The molecular formula is C14H22O. The van der Waals surface area contributed by atoms with Gasteiger partial charge in [0.05, 0.1) is 11.7 Å². The van der Waals surface area contributed by atoms with Gasteiger partial charge in [0.25, 0.3) is 0 Å². The zero-order chi connectivity index (χ0) is 9.93. The van der Waals surface area contributed by atoms with Gasteiger partial charge in [-0.25, -0.2) is 0 Å². The number of hydrogen-bond donors (Lipinski definition) is 0. The Hall–Kier alpha value is -0.0400. The van der Waals surface area contributed by atoms with Crippen molar-refractivity contribution in [2.75, 3.05) is 0 Å². The monoisotopic (exact) mass is 206 g/mol. The second kappa shape index (κ2) is 2.80. The zero-order valence-corrected chi connectivity index (χ0v) is 9.63. The lowest BCUT2D eigenvalue weighted by molar-refractivity contribution is -0.135. The highest BCUT2D eigenvalue weighted by Gasteiger charge is 2.60. The van der Waals surface area contributed by atoms with Crippen LogP contribution in [0, 0.1) is 11.3 Å². The van der Waals surface area contributed by atoms with Crippen LogP contribution in [0.1, 0.15) is 64.2 Å². The van der Waals surface area contributed by atoms with Crippen molar-refractivity contribution in [3.8, 4) is 0 Å². The van der Waals surface area contributed by atoms with Crippen LogP contribution in [0.4, 0.5) is 0 Å². The van der Waals surface area contributed by atoms with Gasteiger partial charge in [-0.05, 0) is 75.5 Å². The van der Waals surface area contributed by atoms with E-state index >= 15 is 0 Å². The smallest absolute Gasteiger partial charge is 0.0744 e. The Morgan fingerprint density at radius 3 is 1.80 bits per heavy atom. The third-order valence-electron chi connectivity index (χ3n) is 6.19. The zero-order valence-electron chi connectivity index (χ0n) is 9.63. The summed E-state index contributed by atoms with van der Waals surface area (Å²) in [6, 6.07) is 0. The summed E-state index contributed by atoms with van der Waals surface area (Å²) in [6.07, 6.45) is 15.2. The fraction of sp³-hybridized carbons (Fsp3) is 1.00. The molecular weight excluding hydrogens is 184 g/mol. The molecule has 0 spiro atoms. The first kappa shape index (κ1) is 9.04. The van der Waals surface area contributed by atoms with Gasteiger partial charge in [-0.15, -0.1) is 0 Å². The molecule has 0 N–H and O–H groups in total. The van der Waals surface area contributed by atoms with Gasteiger partial charge in [0.1, 0.15) is 0 Å². The Morgan fingerprint density at radius 2 is 1.33 bits per heavy atom. The highest BCUT2D eigenvalue weighted by atomic mass is 16.5. The highest BCUT2D eigenvalue weighted by Crippen LogP contribution is 2.64. The Labute approximate surface area is 92.6 Å². The van der Waals surface area contributed by atoms with Crippen molar-refractivity contribution in [3.63, 3.8) is 0 Å². The predicted molar refractivity (Wildman–Crippen MR) is 59.7 cm³/mol. The quantitative estimate of drug-likeness (QED) is 0.636. The summed E-state index contributed by atoms with van der Waals surface area (Å²) in [5.41, 5.74) is 0.996. The SMILES string of the molecule is C1CC2(C34CCC(CC3)O4)CCC1CC2. The first-order valence-corrected chi connectivity index (χ1v) is 7.00. The van der Waals surface area contributed by atoms with E-state index in [1.54, 1.807) is 0 Å². The average molecular weight is 206 g/mol. The molecule has 5 aliphatic rings. The number of hydrogen-bond acceptors (Lipinski definition) is 1. The molecule has 0 aromatic rings. The largest absolute Gasteiger partial charge is 0.371 e. The third kappa shape index (κ3) is 1.03. The standard InChI is InChI=1S/C14H22O/c1-6-13(7-2-11(1)3-8-13)14-9-4-12(15-14)5-10-14/h11-12H,1-10H2. The molecule has 1 heteroatoms. The molecule has 0 radical (unpaired) electrons. The maximum absolute atomic E-state index is 6.42. The van der Waals surface area contributed by atoms with E-state index in [1.165, 1.54) is 64.2 Å². The second-order valence-corrected chi connectivity index (χ2v) is 6.57. The molecule has 0 unspecified atom stereocenters. The van der Waals surface area contributed by atoms with Crippen molar-refractivity contribution < 1.29 is 4.74 Å². The third-order valence-corrected chi connectivity index (χ3v) is 6.19. The van der Waals surface area contributed by atoms with Gasteiger partial charge < -0.3 is 4.74 Å². The minimum absolute atomic E-state index is 0.364. The van der Waals surface area contributed by atoms with E-state index in [4.69, 9.17) is 4.74 Å². The molecule has 0 aromatic carbocycles. The first-order chi connectivity index (χ1) is 7.32. The van der Waals surface area contributed by atoms with Crippen molar-refractivity contribution in [3.05, 3.63) is 0 Å². The molecule has 3 saturated carbocycles. The molecule has 0 amide bonds. The van der Waals surface area contributed by atoms with Crippen molar-refractivity contribution in [2.45, 2.75) is 75.9 Å². The molecule has 2 heterocycles.